The van der Waals surface area contributed by atoms with Crippen molar-refractivity contribution in [2.75, 3.05) is 23.7 Å². The zero-order valence-corrected chi connectivity index (χ0v) is 26.5. The van der Waals surface area contributed by atoms with Crippen LogP contribution in [0, 0.1) is 0 Å². The third-order valence-electron chi connectivity index (χ3n) is 6.78. The van der Waals surface area contributed by atoms with Gasteiger partial charge in [-0.05, 0) is 50.1 Å². The predicted molar refractivity (Wildman–Crippen MR) is 169 cm³/mol. The molecule has 0 heterocycles. The normalized spacial score (nSPS) is 12.7. The fraction of sp³-hybridized carbons (Fsp3) is 0.355. The number of ether oxygens (including phenoxy) is 1. The van der Waals surface area contributed by atoms with Gasteiger partial charge >= 0.3 is 0 Å². The van der Waals surface area contributed by atoms with E-state index >= 15 is 0 Å². The molecule has 0 aliphatic heterocycles. The summed E-state index contributed by atoms with van der Waals surface area (Å²) in [4.78, 5) is 29.4. The van der Waals surface area contributed by atoms with Crippen molar-refractivity contribution in [3.63, 3.8) is 0 Å². The highest BCUT2D eigenvalue weighted by Crippen LogP contribution is 2.31. The summed E-state index contributed by atoms with van der Waals surface area (Å²) in [6, 6.07) is 19.8. The number of rotatable bonds is 14. The van der Waals surface area contributed by atoms with E-state index in [1.807, 2.05) is 44.2 Å². The number of carbonyl (C=O) groups excluding carboxylic acids is 2. The van der Waals surface area contributed by atoms with Gasteiger partial charge in [-0.2, -0.15) is 0 Å². The number of sulfonamides is 1. The molecule has 0 saturated heterocycles. The molecule has 3 aromatic carbocycles. The highest BCUT2D eigenvalue weighted by Gasteiger charge is 2.34. The van der Waals surface area contributed by atoms with Gasteiger partial charge in [0.2, 0.25) is 21.8 Å². The second-order valence-electron chi connectivity index (χ2n) is 9.92. The second-order valence-corrected chi connectivity index (χ2v) is 12.6. The molecule has 2 amide bonds. The van der Waals surface area contributed by atoms with Crippen LogP contribution in [0.15, 0.2) is 72.8 Å². The van der Waals surface area contributed by atoms with Gasteiger partial charge in [-0.3, -0.25) is 13.9 Å². The molecule has 2 atom stereocenters. The summed E-state index contributed by atoms with van der Waals surface area (Å²) in [6.45, 7) is 5.22. The molecule has 0 radical (unpaired) electrons. The van der Waals surface area contributed by atoms with Crippen molar-refractivity contribution in [1.82, 2.24) is 10.2 Å². The zero-order valence-electron chi connectivity index (χ0n) is 24.2. The molecule has 11 heteroatoms. The van der Waals surface area contributed by atoms with Gasteiger partial charge in [-0.25, -0.2) is 8.42 Å². The number of anilines is 1. The average Bonchev–Trinajstić information content (AvgIpc) is 2.95. The zero-order chi connectivity index (χ0) is 30.9. The van der Waals surface area contributed by atoms with Crippen LogP contribution >= 0.6 is 23.2 Å². The number of hydrogen-bond acceptors (Lipinski definition) is 5. The number of hydrogen-bond donors (Lipinski definition) is 1. The average molecular weight is 635 g/mol. The summed E-state index contributed by atoms with van der Waals surface area (Å²) in [5.41, 5.74) is 1.49. The third-order valence-corrected chi connectivity index (χ3v) is 8.61. The van der Waals surface area contributed by atoms with E-state index in [2.05, 4.69) is 5.32 Å². The van der Waals surface area contributed by atoms with Crippen LogP contribution in [0.3, 0.4) is 0 Å². The van der Waals surface area contributed by atoms with E-state index in [0.717, 1.165) is 16.1 Å². The SMILES string of the molecule is CCOc1ccccc1N(CC(=O)N(Cc1c(Cl)cccc1Cl)[C@H](Cc1ccccc1)C(=O)N[C@H](C)CC)S(C)(=O)=O. The van der Waals surface area contributed by atoms with Crippen molar-refractivity contribution in [1.29, 1.82) is 0 Å². The summed E-state index contributed by atoms with van der Waals surface area (Å²) in [5.74, 6) is -0.664. The standard InChI is InChI=1S/C31H37Cl2N3O5S/c1-5-22(3)34-31(38)28(19-23-13-8-7-9-14-23)35(20-24-25(32)15-12-16-26(24)33)30(37)21-36(42(4,39)40)27-17-10-11-18-29(27)41-6-2/h7-18,22,28H,5-6,19-21H2,1-4H3,(H,34,38)/t22-,28-/m1/s1. The quantitative estimate of drug-likeness (QED) is 0.245. The topological polar surface area (TPSA) is 96.0 Å². The first-order valence-corrected chi connectivity index (χ1v) is 16.3. The molecule has 0 aliphatic rings. The number of carbonyl (C=O) groups is 2. The molecule has 0 fully saturated rings. The van der Waals surface area contributed by atoms with Gasteiger partial charge < -0.3 is 15.0 Å². The van der Waals surface area contributed by atoms with E-state index < -0.39 is 28.5 Å². The number of benzene rings is 3. The van der Waals surface area contributed by atoms with Gasteiger partial charge in [0.25, 0.3) is 0 Å². The predicted octanol–water partition coefficient (Wildman–Crippen LogP) is 5.71. The number of amides is 2. The Morgan fingerprint density at radius 2 is 1.55 bits per heavy atom. The van der Waals surface area contributed by atoms with Crippen LogP contribution in [-0.4, -0.2) is 56.6 Å². The Morgan fingerprint density at radius 1 is 0.929 bits per heavy atom. The smallest absolute Gasteiger partial charge is 0.244 e. The Labute approximate surface area is 258 Å². The van der Waals surface area contributed by atoms with Gasteiger partial charge in [-0.1, -0.05) is 78.7 Å². The number of para-hydroxylation sites is 2. The Balaban J connectivity index is 2.13. The summed E-state index contributed by atoms with van der Waals surface area (Å²) >= 11 is 13.0. The van der Waals surface area contributed by atoms with Crippen LogP contribution < -0.4 is 14.4 Å². The summed E-state index contributed by atoms with van der Waals surface area (Å²) < 4.78 is 32.8. The number of nitrogens with one attached hydrogen (secondary N) is 1. The number of halogens is 2. The Bertz CT molecular complexity index is 1450. The fourth-order valence-corrected chi connectivity index (χ4v) is 5.75. The first kappa shape index (κ1) is 33.2. The van der Waals surface area contributed by atoms with Crippen molar-refractivity contribution in [2.45, 2.75) is 52.2 Å². The molecule has 0 unspecified atom stereocenters. The third kappa shape index (κ3) is 8.86. The van der Waals surface area contributed by atoms with Crippen molar-refractivity contribution in [3.8, 4) is 5.75 Å². The molecule has 3 rings (SSSR count). The highest BCUT2D eigenvalue weighted by molar-refractivity contribution is 7.92. The van der Waals surface area contributed by atoms with Crippen LogP contribution in [0.1, 0.15) is 38.3 Å². The van der Waals surface area contributed by atoms with Gasteiger partial charge in [0, 0.05) is 34.6 Å². The van der Waals surface area contributed by atoms with Gasteiger partial charge in [-0.15, -0.1) is 0 Å². The molecule has 0 saturated carbocycles. The molecule has 0 aliphatic carbocycles. The van der Waals surface area contributed by atoms with E-state index in [1.165, 1.54) is 4.90 Å². The minimum Gasteiger partial charge on any atom is -0.492 e. The van der Waals surface area contributed by atoms with Gasteiger partial charge in [0.15, 0.2) is 0 Å². The van der Waals surface area contributed by atoms with E-state index in [1.54, 1.807) is 49.4 Å². The Hall–Kier alpha value is -3.27. The molecule has 8 nitrogen and oxygen atoms in total. The highest BCUT2D eigenvalue weighted by atomic mass is 35.5. The van der Waals surface area contributed by atoms with Crippen molar-refractivity contribution in [3.05, 3.63) is 94.0 Å². The van der Waals surface area contributed by atoms with Crippen molar-refractivity contribution >= 4 is 50.7 Å². The van der Waals surface area contributed by atoms with E-state index in [-0.39, 0.29) is 30.6 Å². The van der Waals surface area contributed by atoms with Crippen LogP contribution in [0.5, 0.6) is 5.75 Å². The van der Waals surface area contributed by atoms with Crippen LogP contribution in [0.4, 0.5) is 5.69 Å². The molecule has 0 bridgehead atoms. The maximum atomic E-state index is 14.3. The van der Waals surface area contributed by atoms with E-state index in [0.29, 0.717) is 34.4 Å². The first-order chi connectivity index (χ1) is 20.0. The molecule has 0 aromatic heterocycles. The lowest BCUT2D eigenvalue weighted by molar-refractivity contribution is -0.140. The molecular weight excluding hydrogens is 597 g/mol. The maximum Gasteiger partial charge on any atom is 0.244 e. The molecule has 42 heavy (non-hydrogen) atoms. The largest absolute Gasteiger partial charge is 0.492 e. The minimum absolute atomic E-state index is 0.118. The summed E-state index contributed by atoms with van der Waals surface area (Å²) in [7, 11) is -3.95. The molecular formula is C31H37Cl2N3O5S. The maximum absolute atomic E-state index is 14.3. The van der Waals surface area contributed by atoms with Gasteiger partial charge in [0.05, 0.1) is 18.6 Å². The first-order valence-electron chi connectivity index (χ1n) is 13.7. The van der Waals surface area contributed by atoms with Crippen molar-refractivity contribution in [2.24, 2.45) is 0 Å². The summed E-state index contributed by atoms with van der Waals surface area (Å²) in [6.07, 6.45) is 1.89. The van der Waals surface area contributed by atoms with E-state index in [9.17, 15) is 18.0 Å². The monoisotopic (exact) mass is 633 g/mol. The lowest BCUT2D eigenvalue weighted by Gasteiger charge is -2.34. The van der Waals surface area contributed by atoms with Crippen LogP contribution in [0.2, 0.25) is 10.0 Å². The number of nitrogens with zero attached hydrogens (tertiary/aromatic N) is 2. The molecule has 1 N–H and O–H groups in total. The van der Waals surface area contributed by atoms with Crippen LogP contribution in [0.25, 0.3) is 0 Å². The Kier molecular flexibility index (Phi) is 12.1. The lowest BCUT2D eigenvalue weighted by Crippen LogP contribution is -2.54. The molecule has 0 spiro atoms. The minimum atomic E-state index is -3.95. The molecule has 226 valence electrons. The van der Waals surface area contributed by atoms with Crippen LogP contribution in [-0.2, 0) is 32.6 Å². The second kappa shape index (κ2) is 15.3. The van der Waals surface area contributed by atoms with Gasteiger partial charge in [0.1, 0.15) is 18.3 Å². The molecule has 3 aromatic rings. The summed E-state index contributed by atoms with van der Waals surface area (Å²) in [5, 5.41) is 3.63. The van der Waals surface area contributed by atoms with E-state index in [4.69, 9.17) is 27.9 Å². The van der Waals surface area contributed by atoms with Crippen molar-refractivity contribution < 1.29 is 22.7 Å². The lowest BCUT2D eigenvalue weighted by atomic mass is 10.0. The Morgan fingerprint density at radius 3 is 2.14 bits per heavy atom. The fourth-order valence-electron chi connectivity index (χ4n) is 4.38.